The molecule has 54 valence electrons. The van der Waals surface area contributed by atoms with Gasteiger partial charge in [0.25, 0.3) is 0 Å². The topological polar surface area (TPSA) is 12.0 Å². The lowest BCUT2D eigenvalue weighted by atomic mass is 10.0. The first-order valence-corrected chi connectivity index (χ1v) is 4.14. The normalized spacial score (nSPS) is 27.0. The van der Waals surface area contributed by atoms with E-state index in [4.69, 9.17) is 0 Å². The predicted molar refractivity (Wildman–Crippen MR) is 40.5 cm³/mol. The van der Waals surface area contributed by atoms with E-state index in [0.717, 1.165) is 5.92 Å². The molecule has 9 heavy (non-hydrogen) atoms. The molecule has 0 aromatic rings. The second kappa shape index (κ2) is 3.89. The molecule has 0 unspecified atom stereocenters. The Labute approximate surface area is 57.8 Å². The first kappa shape index (κ1) is 7.07. The standard InChI is InChI=1S/C8H17N/c1-2-3-4-8-5-6-9-7-8/h8-9H,2-7H2,1H3/t8-/m1/s1. The lowest BCUT2D eigenvalue weighted by Crippen LogP contribution is -2.08. The Hall–Kier alpha value is -0.0400. The third-order valence-electron chi connectivity index (χ3n) is 2.13. The van der Waals surface area contributed by atoms with Crippen molar-refractivity contribution in [1.82, 2.24) is 5.32 Å². The van der Waals surface area contributed by atoms with Gasteiger partial charge in [0.15, 0.2) is 0 Å². The number of rotatable bonds is 3. The highest BCUT2D eigenvalue weighted by molar-refractivity contribution is 4.70. The summed E-state index contributed by atoms with van der Waals surface area (Å²) in [4.78, 5) is 0. The Morgan fingerprint density at radius 2 is 2.44 bits per heavy atom. The van der Waals surface area contributed by atoms with E-state index in [2.05, 4.69) is 12.2 Å². The molecule has 1 fully saturated rings. The van der Waals surface area contributed by atoms with E-state index >= 15 is 0 Å². The largest absolute Gasteiger partial charge is 0.316 e. The average Bonchev–Trinajstić information content (AvgIpc) is 2.34. The van der Waals surface area contributed by atoms with Crippen LogP contribution >= 0.6 is 0 Å². The summed E-state index contributed by atoms with van der Waals surface area (Å²) < 4.78 is 0. The summed E-state index contributed by atoms with van der Waals surface area (Å²) >= 11 is 0. The van der Waals surface area contributed by atoms with Crippen LogP contribution in [0, 0.1) is 5.92 Å². The zero-order valence-electron chi connectivity index (χ0n) is 6.32. The van der Waals surface area contributed by atoms with Gasteiger partial charge >= 0.3 is 0 Å². The lowest BCUT2D eigenvalue weighted by Gasteiger charge is -2.04. The van der Waals surface area contributed by atoms with Gasteiger partial charge in [0.2, 0.25) is 0 Å². The summed E-state index contributed by atoms with van der Waals surface area (Å²) in [5.41, 5.74) is 0. The van der Waals surface area contributed by atoms with E-state index in [-0.39, 0.29) is 0 Å². The monoisotopic (exact) mass is 127 g/mol. The van der Waals surface area contributed by atoms with Gasteiger partial charge in [-0.15, -0.1) is 0 Å². The molecule has 1 saturated heterocycles. The van der Waals surface area contributed by atoms with Crippen molar-refractivity contribution in [2.24, 2.45) is 5.92 Å². The lowest BCUT2D eigenvalue weighted by molar-refractivity contribution is 0.505. The van der Waals surface area contributed by atoms with Gasteiger partial charge in [-0.3, -0.25) is 0 Å². The van der Waals surface area contributed by atoms with Gasteiger partial charge in [0, 0.05) is 0 Å². The molecule has 1 heteroatoms. The van der Waals surface area contributed by atoms with Crippen molar-refractivity contribution in [3.8, 4) is 0 Å². The van der Waals surface area contributed by atoms with Crippen LogP contribution in [0.1, 0.15) is 32.6 Å². The highest BCUT2D eigenvalue weighted by Crippen LogP contribution is 2.14. The zero-order chi connectivity index (χ0) is 6.53. The molecule has 0 bridgehead atoms. The van der Waals surface area contributed by atoms with E-state index in [1.807, 2.05) is 0 Å². The summed E-state index contributed by atoms with van der Waals surface area (Å²) in [6.07, 6.45) is 5.65. The van der Waals surface area contributed by atoms with Crippen LogP contribution in [0.25, 0.3) is 0 Å². The van der Waals surface area contributed by atoms with E-state index in [1.54, 1.807) is 0 Å². The quantitative estimate of drug-likeness (QED) is 0.609. The fourth-order valence-electron chi connectivity index (χ4n) is 1.45. The van der Waals surface area contributed by atoms with E-state index < -0.39 is 0 Å². The van der Waals surface area contributed by atoms with Gasteiger partial charge in [-0.05, 0) is 31.8 Å². The van der Waals surface area contributed by atoms with Gasteiger partial charge in [-0.1, -0.05) is 19.8 Å². The average molecular weight is 127 g/mol. The van der Waals surface area contributed by atoms with Crippen molar-refractivity contribution < 1.29 is 0 Å². The van der Waals surface area contributed by atoms with Gasteiger partial charge in [0.05, 0.1) is 0 Å². The summed E-state index contributed by atoms with van der Waals surface area (Å²) in [6.45, 7) is 4.80. The molecule has 1 N–H and O–H groups in total. The Morgan fingerprint density at radius 3 is 3.00 bits per heavy atom. The molecule has 0 saturated carbocycles. The van der Waals surface area contributed by atoms with Crippen molar-refractivity contribution in [2.75, 3.05) is 13.1 Å². The highest BCUT2D eigenvalue weighted by Gasteiger charge is 2.12. The fourth-order valence-corrected chi connectivity index (χ4v) is 1.45. The molecule has 1 nitrogen and oxygen atoms in total. The Balaban J connectivity index is 1.98. The summed E-state index contributed by atoms with van der Waals surface area (Å²) in [5, 5.41) is 3.38. The van der Waals surface area contributed by atoms with E-state index in [9.17, 15) is 0 Å². The molecule has 1 heterocycles. The minimum Gasteiger partial charge on any atom is -0.316 e. The molecule has 0 spiro atoms. The molecular formula is C8H17N. The van der Waals surface area contributed by atoms with Crippen LogP contribution < -0.4 is 5.32 Å². The SMILES string of the molecule is CCCC[C@@H]1CCNC1. The predicted octanol–water partition coefficient (Wildman–Crippen LogP) is 1.79. The number of unbranched alkanes of at least 4 members (excludes halogenated alkanes) is 1. The number of nitrogens with one attached hydrogen (secondary N) is 1. The molecular weight excluding hydrogens is 110 g/mol. The molecule has 1 aliphatic heterocycles. The fraction of sp³-hybridized carbons (Fsp3) is 1.00. The van der Waals surface area contributed by atoms with E-state index in [1.165, 1.54) is 38.8 Å². The third-order valence-corrected chi connectivity index (χ3v) is 2.13. The maximum Gasteiger partial charge on any atom is -0.00200 e. The van der Waals surface area contributed by atoms with Crippen LogP contribution in [0.2, 0.25) is 0 Å². The second-order valence-corrected chi connectivity index (χ2v) is 3.00. The molecule has 0 aromatic carbocycles. The van der Waals surface area contributed by atoms with Crippen LogP contribution in [0.4, 0.5) is 0 Å². The Bertz CT molecular complexity index is 65.0. The first-order valence-electron chi connectivity index (χ1n) is 4.14. The molecule has 0 aromatic heterocycles. The maximum absolute atomic E-state index is 3.38. The molecule has 0 radical (unpaired) electrons. The van der Waals surface area contributed by atoms with Crippen LogP contribution in [0.15, 0.2) is 0 Å². The van der Waals surface area contributed by atoms with Crippen molar-refractivity contribution >= 4 is 0 Å². The van der Waals surface area contributed by atoms with Gasteiger partial charge in [0.1, 0.15) is 0 Å². The number of hydrogen-bond donors (Lipinski definition) is 1. The summed E-state index contributed by atoms with van der Waals surface area (Å²) in [6, 6.07) is 0. The van der Waals surface area contributed by atoms with Crippen LogP contribution in [-0.2, 0) is 0 Å². The summed E-state index contributed by atoms with van der Waals surface area (Å²) in [5.74, 6) is 1.00. The molecule has 1 rings (SSSR count). The Kier molecular flexibility index (Phi) is 3.05. The summed E-state index contributed by atoms with van der Waals surface area (Å²) in [7, 11) is 0. The molecule has 0 aliphatic carbocycles. The third kappa shape index (κ3) is 2.35. The van der Waals surface area contributed by atoms with Crippen molar-refractivity contribution in [2.45, 2.75) is 32.6 Å². The minimum atomic E-state index is 1.00. The van der Waals surface area contributed by atoms with Crippen LogP contribution in [0.3, 0.4) is 0 Å². The molecule has 0 amide bonds. The van der Waals surface area contributed by atoms with Gasteiger partial charge < -0.3 is 5.32 Å². The Morgan fingerprint density at radius 1 is 1.56 bits per heavy atom. The van der Waals surface area contributed by atoms with Gasteiger partial charge in [-0.25, -0.2) is 0 Å². The molecule has 1 atom stereocenters. The smallest absolute Gasteiger partial charge is 0.00200 e. The maximum atomic E-state index is 3.38. The van der Waals surface area contributed by atoms with Gasteiger partial charge in [-0.2, -0.15) is 0 Å². The second-order valence-electron chi connectivity index (χ2n) is 3.00. The zero-order valence-corrected chi connectivity index (χ0v) is 6.32. The molecule has 1 aliphatic rings. The van der Waals surface area contributed by atoms with Crippen LogP contribution in [-0.4, -0.2) is 13.1 Å². The van der Waals surface area contributed by atoms with E-state index in [0.29, 0.717) is 0 Å². The van der Waals surface area contributed by atoms with Crippen LogP contribution in [0.5, 0.6) is 0 Å². The highest BCUT2D eigenvalue weighted by atomic mass is 14.9. The minimum absolute atomic E-state index is 1.00. The van der Waals surface area contributed by atoms with Crippen molar-refractivity contribution in [3.05, 3.63) is 0 Å². The number of hydrogen-bond acceptors (Lipinski definition) is 1. The van der Waals surface area contributed by atoms with Crippen molar-refractivity contribution in [3.63, 3.8) is 0 Å². The van der Waals surface area contributed by atoms with Crippen molar-refractivity contribution in [1.29, 1.82) is 0 Å². The first-order chi connectivity index (χ1) is 4.43.